The van der Waals surface area contributed by atoms with Crippen molar-refractivity contribution in [2.45, 2.75) is 13.3 Å². The smallest absolute Gasteiger partial charge is 0.325 e. The molecule has 11 heteroatoms. The standard InChI is InChI=1S/C16H13ClFN5O4/c17-12-5-10(18)1-2-14(12)27-9-23-7-11(6-19-23)20-16(26)13-3-4-22(21-13)8-15(24)25/h1-7H,8-9H2,(H,20,26)(H,24,25). The maximum Gasteiger partial charge on any atom is 0.325 e. The van der Waals surface area contributed by atoms with Gasteiger partial charge in [-0.2, -0.15) is 10.2 Å². The number of carboxylic acid groups (broad SMARTS) is 1. The van der Waals surface area contributed by atoms with Crippen molar-refractivity contribution in [3.8, 4) is 5.75 Å². The summed E-state index contributed by atoms with van der Waals surface area (Å²) in [4.78, 5) is 22.8. The van der Waals surface area contributed by atoms with Crippen LogP contribution in [-0.4, -0.2) is 36.5 Å². The third-order valence-corrected chi connectivity index (χ3v) is 3.60. The second-order valence-corrected chi connectivity index (χ2v) is 5.77. The van der Waals surface area contributed by atoms with Crippen molar-refractivity contribution in [1.29, 1.82) is 0 Å². The van der Waals surface area contributed by atoms with Gasteiger partial charge in [0.15, 0.2) is 12.4 Å². The highest BCUT2D eigenvalue weighted by Crippen LogP contribution is 2.25. The molecule has 0 aliphatic carbocycles. The highest BCUT2D eigenvalue weighted by atomic mass is 35.5. The second kappa shape index (κ2) is 7.87. The van der Waals surface area contributed by atoms with Crippen LogP contribution in [0.3, 0.4) is 0 Å². The van der Waals surface area contributed by atoms with Crippen molar-refractivity contribution in [3.05, 3.63) is 59.4 Å². The van der Waals surface area contributed by atoms with Crippen molar-refractivity contribution in [2.75, 3.05) is 5.32 Å². The van der Waals surface area contributed by atoms with Gasteiger partial charge in [0.2, 0.25) is 0 Å². The van der Waals surface area contributed by atoms with Crippen LogP contribution in [-0.2, 0) is 18.1 Å². The number of anilines is 1. The van der Waals surface area contributed by atoms with E-state index in [0.717, 1.165) is 10.7 Å². The summed E-state index contributed by atoms with van der Waals surface area (Å²) in [5, 5.41) is 19.3. The molecule has 1 aromatic carbocycles. The maximum atomic E-state index is 13.0. The number of halogens is 2. The van der Waals surface area contributed by atoms with Gasteiger partial charge in [0.25, 0.3) is 5.91 Å². The first kappa shape index (κ1) is 18.4. The third-order valence-electron chi connectivity index (χ3n) is 3.31. The molecular weight excluding hydrogens is 381 g/mol. The number of carbonyl (C=O) groups is 2. The molecule has 3 rings (SSSR count). The first-order valence-electron chi connectivity index (χ1n) is 7.57. The summed E-state index contributed by atoms with van der Waals surface area (Å²) < 4.78 is 21.0. The molecule has 0 saturated carbocycles. The lowest BCUT2D eigenvalue weighted by molar-refractivity contribution is -0.137. The lowest BCUT2D eigenvalue weighted by atomic mass is 10.3. The Morgan fingerprint density at radius 3 is 2.85 bits per heavy atom. The Labute approximate surface area is 156 Å². The molecule has 0 atom stereocenters. The molecule has 2 aromatic heterocycles. The number of benzene rings is 1. The number of ether oxygens (including phenoxy) is 1. The zero-order chi connectivity index (χ0) is 19.4. The first-order chi connectivity index (χ1) is 12.9. The van der Waals surface area contributed by atoms with Gasteiger partial charge in [0.1, 0.15) is 18.1 Å². The molecule has 140 valence electrons. The second-order valence-electron chi connectivity index (χ2n) is 5.36. The quantitative estimate of drug-likeness (QED) is 0.636. The van der Waals surface area contributed by atoms with Crippen molar-refractivity contribution in [3.63, 3.8) is 0 Å². The van der Waals surface area contributed by atoms with E-state index in [1.54, 1.807) is 0 Å². The number of carboxylic acids is 1. The molecule has 0 bridgehead atoms. The molecule has 0 aliphatic rings. The largest absolute Gasteiger partial charge is 0.480 e. The van der Waals surface area contributed by atoms with E-state index >= 15 is 0 Å². The molecule has 2 heterocycles. The lowest BCUT2D eigenvalue weighted by Gasteiger charge is -2.07. The number of hydrogen-bond acceptors (Lipinski definition) is 5. The minimum absolute atomic E-state index is 0.00549. The number of nitrogens with zero attached hydrogens (tertiary/aromatic N) is 4. The fourth-order valence-electron chi connectivity index (χ4n) is 2.13. The Hall–Kier alpha value is -3.40. The van der Waals surface area contributed by atoms with Crippen LogP contribution in [0.1, 0.15) is 10.5 Å². The number of amides is 1. The molecule has 1 amide bonds. The van der Waals surface area contributed by atoms with E-state index in [0.29, 0.717) is 11.4 Å². The van der Waals surface area contributed by atoms with Gasteiger partial charge in [0, 0.05) is 6.20 Å². The van der Waals surface area contributed by atoms with E-state index in [2.05, 4.69) is 15.5 Å². The number of aliphatic carboxylic acids is 1. The zero-order valence-corrected chi connectivity index (χ0v) is 14.4. The Morgan fingerprint density at radius 1 is 1.30 bits per heavy atom. The zero-order valence-electron chi connectivity index (χ0n) is 13.7. The summed E-state index contributed by atoms with van der Waals surface area (Å²) >= 11 is 5.87. The van der Waals surface area contributed by atoms with Crippen LogP contribution < -0.4 is 10.1 Å². The number of aromatic nitrogens is 4. The Kier molecular flexibility index (Phi) is 5.36. The highest BCUT2D eigenvalue weighted by Gasteiger charge is 2.12. The molecule has 0 saturated heterocycles. The summed E-state index contributed by atoms with van der Waals surface area (Å²) in [7, 11) is 0. The van der Waals surface area contributed by atoms with E-state index in [1.807, 2.05) is 0 Å². The average molecular weight is 394 g/mol. The molecular formula is C16H13ClFN5O4. The van der Waals surface area contributed by atoms with Gasteiger partial charge in [-0.05, 0) is 24.3 Å². The van der Waals surface area contributed by atoms with Crippen LogP contribution in [0.25, 0.3) is 0 Å². The van der Waals surface area contributed by atoms with Gasteiger partial charge in [0.05, 0.1) is 23.1 Å². The lowest BCUT2D eigenvalue weighted by Crippen LogP contribution is -2.14. The predicted octanol–water partition coefficient (Wildman–Crippen LogP) is 2.25. The van der Waals surface area contributed by atoms with Crippen molar-refractivity contribution in [2.24, 2.45) is 0 Å². The molecule has 9 nitrogen and oxygen atoms in total. The molecule has 0 unspecified atom stereocenters. The number of rotatable bonds is 7. The Balaban J connectivity index is 1.58. The van der Waals surface area contributed by atoms with Gasteiger partial charge in [-0.25, -0.2) is 9.07 Å². The summed E-state index contributed by atoms with van der Waals surface area (Å²) in [6, 6.07) is 5.16. The average Bonchev–Trinajstić information content (AvgIpc) is 3.23. The van der Waals surface area contributed by atoms with E-state index in [9.17, 15) is 14.0 Å². The van der Waals surface area contributed by atoms with Crippen LogP contribution >= 0.6 is 11.6 Å². The fraction of sp³-hybridized carbons (Fsp3) is 0.125. The Morgan fingerprint density at radius 2 is 2.11 bits per heavy atom. The fourth-order valence-corrected chi connectivity index (χ4v) is 2.35. The minimum atomic E-state index is -1.06. The molecule has 3 aromatic rings. The summed E-state index contributed by atoms with van der Waals surface area (Å²) in [6.45, 7) is -0.344. The van der Waals surface area contributed by atoms with Crippen LogP contribution in [0, 0.1) is 5.82 Å². The molecule has 0 radical (unpaired) electrons. The van der Waals surface area contributed by atoms with Gasteiger partial charge in [-0.3, -0.25) is 14.3 Å². The minimum Gasteiger partial charge on any atom is -0.480 e. The van der Waals surface area contributed by atoms with Crippen molar-refractivity contribution < 1.29 is 23.8 Å². The third kappa shape index (κ3) is 4.82. The number of hydrogen-bond donors (Lipinski definition) is 2. The number of nitrogens with one attached hydrogen (secondary N) is 1. The van der Waals surface area contributed by atoms with Crippen LogP contribution in [0.4, 0.5) is 10.1 Å². The van der Waals surface area contributed by atoms with E-state index < -0.39 is 17.7 Å². The van der Waals surface area contributed by atoms with Crippen molar-refractivity contribution >= 4 is 29.2 Å². The maximum absolute atomic E-state index is 13.0. The molecule has 0 aliphatic heterocycles. The molecule has 2 N–H and O–H groups in total. The number of carbonyl (C=O) groups excluding carboxylic acids is 1. The molecule has 27 heavy (non-hydrogen) atoms. The van der Waals surface area contributed by atoms with E-state index in [-0.39, 0.29) is 24.0 Å². The van der Waals surface area contributed by atoms with Crippen LogP contribution in [0.2, 0.25) is 5.02 Å². The van der Waals surface area contributed by atoms with Gasteiger partial charge in [-0.15, -0.1) is 0 Å². The van der Waals surface area contributed by atoms with E-state index in [1.165, 1.54) is 41.5 Å². The predicted molar refractivity (Wildman–Crippen MR) is 92.1 cm³/mol. The van der Waals surface area contributed by atoms with Crippen LogP contribution in [0.5, 0.6) is 5.75 Å². The molecule has 0 spiro atoms. The SMILES string of the molecule is O=C(O)Cn1ccc(C(=O)Nc2cnn(COc3ccc(F)cc3Cl)c2)n1. The summed E-state index contributed by atoms with van der Waals surface area (Å²) in [5.41, 5.74) is 0.458. The Bertz CT molecular complexity index is 987. The van der Waals surface area contributed by atoms with Gasteiger partial charge < -0.3 is 15.2 Å². The van der Waals surface area contributed by atoms with Crippen LogP contribution in [0.15, 0.2) is 42.9 Å². The normalized spacial score (nSPS) is 10.6. The molecule has 0 fully saturated rings. The summed E-state index contributed by atoms with van der Waals surface area (Å²) in [5.74, 6) is -1.75. The first-order valence-corrected chi connectivity index (χ1v) is 7.95. The van der Waals surface area contributed by atoms with E-state index in [4.69, 9.17) is 21.4 Å². The topological polar surface area (TPSA) is 111 Å². The van der Waals surface area contributed by atoms with Gasteiger partial charge in [-0.1, -0.05) is 11.6 Å². The van der Waals surface area contributed by atoms with Gasteiger partial charge >= 0.3 is 5.97 Å². The monoisotopic (exact) mass is 393 g/mol. The summed E-state index contributed by atoms with van der Waals surface area (Å²) in [6.07, 6.45) is 4.32. The highest BCUT2D eigenvalue weighted by molar-refractivity contribution is 6.32. The van der Waals surface area contributed by atoms with Crippen molar-refractivity contribution in [1.82, 2.24) is 19.6 Å².